The van der Waals surface area contributed by atoms with E-state index in [1.807, 2.05) is 41.5 Å². The molecule has 0 unspecified atom stereocenters. The molecule has 0 spiro atoms. The minimum Gasteiger partial charge on any atom is -0.505 e. The second-order valence-corrected chi connectivity index (χ2v) is 3.25. The Hall–Kier alpha value is -1.36. The molecule has 0 bridgehead atoms. The van der Waals surface area contributed by atoms with Gasteiger partial charge in [0.1, 0.15) is 10.4 Å². The van der Waals surface area contributed by atoms with Crippen molar-refractivity contribution in [3.8, 4) is 5.75 Å². The summed E-state index contributed by atoms with van der Waals surface area (Å²) < 4.78 is 4.41. The van der Waals surface area contributed by atoms with Crippen molar-refractivity contribution in [1.82, 2.24) is 0 Å². The number of aromatic hydroxyl groups is 1. The molecule has 0 saturated heterocycles. The molecule has 0 aromatic carbocycles. The molecule has 0 aliphatic carbocycles. The van der Waals surface area contributed by atoms with Crippen LogP contribution >= 0.6 is 11.3 Å². The van der Waals surface area contributed by atoms with E-state index >= 15 is 0 Å². The number of esters is 1. The summed E-state index contributed by atoms with van der Waals surface area (Å²) in [4.78, 5) is 22.1. The van der Waals surface area contributed by atoms with Crippen LogP contribution < -0.4 is 0 Å². The van der Waals surface area contributed by atoms with Crippen molar-refractivity contribution in [3.63, 3.8) is 0 Å². The van der Waals surface area contributed by atoms with E-state index in [2.05, 4.69) is 4.74 Å². The van der Waals surface area contributed by atoms with E-state index in [-0.39, 0.29) is 22.0 Å². The van der Waals surface area contributed by atoms with Crippen LogP contribution in [-0.2, 0) is 4.74 Å². The maximum absolute atomic E-state index is 11.0. The summed E-state index contributed by atoms with van der Waals surface area (Å²) >= 11 is 1.03. The zero-order valence-electron chi connectivity index (χ0n) is 13.2. The van der Waals surface area contributed by atoms with Gasteiger partial charge in [-0.3, -0.25) is 4.79 Å². The molecule has 112 valence electrons. The van der Waals surface area contributed by atoms with E-state index in [0.717, 1.165) is 11.3 Å². The van der Waals surface area contributed by atoms with Crippen molar-refractivity contribution >= 4 is 23.1 Å². The van der Waals surface area contributed by atoms with Gasteiger partial charge in [-0.05, 0) is 0 Å². The number of ether oxygens (including phenoxy) is 1. The van der Waals surface area contributed by atoms with Crippen LogP contribution in [0.2, 0.25) is 0 Å². The second-order valence-electron chi connectivity index (χ2n) is 2.37. The molecule has 0 aliphatic heterocycles. The summed E-state index contributed by atoms with van der Waals surface area (Å²) in [5.74, 6) is -1.19. The number of rotatable bonds is 2. The summed E-state index contributed by atoms with van der Waals surface area (Å²) in [6.45, 7) is 13.3. The van der Waals surface area contributed by atoms with Gasteiger partial charge in [0.2, 0.25) is 0 Å². The molecule has 4 nitrogen and oxygen atoms in total. The zero-order valence-corrected chi connectivity index (χ0v) is 14.0. The Morgan fingerprint density at radius 1 is 1.11 bits per heavy atom. The fraction of sp³-hybridized carbons (Fsp3) is 0.571. The molecule has 1 aromatic rings. The zero-order chi connectivity index (χ0) is 16.0. The number of thiophene rings is 1. The van der Waals surface area contributed by atoms with Crippen molar-refractivity contribution in [2.45, 2.75) is 48.5 Å². The number of methoxy groups -OCH3 is 1. The van der Waals surface area contributed by atoms with E-state index in [9.17, 15) is 14.7 Å². The first kappa shape index (κ1) is 22.8. The highest BCUT2D eigenvalue weighted by Gasteiger charge is 2.19. The quantitative estimate of drug-likeness (QED) is 0.642. The molecule has 0 fully saturated rings. The first-order valence-corrected chi connectivity index (χ1v) is 7.35. The lowest BCUT2D eigenvalue weighted by Gasteiger charge is -1.96. The Labute approximate surface area is 120 Å². The topological polar surface area (TPSA) is 63.6 Å². The standard InChI is InChI=1S/C8H8O4S.3C2H6/c1-4(9)7-6(10)5(3-13-7)8(11)12-2;3*1-2/h3,10H,1-2H3;3*1-2H3. The normalized spacial score (nSPS) is 7.58. The van der Waals surface area contributed by atoms with Gasteiger partial charge >= 0.3 is 5.97 Å². The lowest BCUT2D eigenvalue weighted by molar-refractivity contribution is 0.0598. The lowest BCUT2D eigenvalue weighted by Crippen LogP contribution is -1.99. The molecule has 19 heavy (non-hydrogen) atoms. The van der Waals surface area contributed by atoms with Gasteiger partial charge in [-0.25, -0.2) is 4.79 Å². The Bertz CT molecular complexity index is 356. The molecule has 0 radical (unpaired) electrons. The molecular formula is C14H26O4S. The Morgan fingerprint density at radius 2 is 1.53 bits per heavy atom. The fourth-order valence-electron chi connectivity index (χ4n) is 0.856. The number of carbonyl (C=O) groups excluding carboxylic acids is 2. The van der Waals surface area contributed by atoms with Gasteiger partial charge in [-0.15, -0.1) is 11.3 Å². The maximum Gasteiger partial charge on any atom is 0.342 e. The van der Waals surface area contributed by atoms with Crippen LogP contribution in [0.1, 0.15) is 68.5 Å². The van der Waals surface area contributed by atoms with Crippen molar-refractivity contribution in [3.05, 3.63) is 15.8 Å². The monoisotopic (exact) mass is 290 g/mol. The SMILES string of the molecule is CC.CC.CC.COC(=O)c1csc(C(C)=O)c1O. The van der Waals surface area contributed by atoms with Gasteiger partial charge in [0.05, 0.1) is 7.11 Å². The smallest absolute Gasteiger partial charge is 0.342 e. The molecule has 0 atom stereocenters. The van der Waals surface area contributed by atoms with E-state index in [4.69, 9.17) is 0 Å². The van der Waals surface area contributed by atoms with Crippen LogP contribution in [0.3, 0.4) is 0 Å². The highest BCUT2D eigenvalue weighted by Crippen LogP contribution is 2.29. The average Bonchev–Trinajstić information content (AvgIpc) is 2.86. The molecular weight excluding hydrogens is 264 g/mol. The number of carbonyl (C=O) groups is 2. The number of hydrogen-bond acceptors (Lipinski definition) is 5. The van der Waals surface area contributed by atoms with Gasteiger partial charge in [0.15, 0.2) is 11.5 Å². The van der Waals surface area contributed by atoms with Crippen LogP contribution in [0.15, 0.2) is 5.38 Å². The third kappa shape index (κ3) is 7.62. The summed E-state index contributed by atoms with van der Waals surface area (Å²) in [6, 6.07) is 0. The first-order valence-electron chi connectivity index (χ1n) is 6.47. The van der Waals surface area contributed by atoms with Gasteiger partial charge in [0.25, 0.3) is 0 Å². The van der Waals surface area contributed by atoms with Crippen LogP contribution in [-0.4, -0.2) is 24.0 Å². The highest BCUT2D eigenvalue weighted by molar-refractivity contribution is 7.12. The predicted octanol–water partition coefficient (Wildman–Crippen LogP) is 4.52. The summed E-state index contributed by atoms with van der Waals surface area (Å²) in [5.41, 5.74) is 0.0395. The van der Waals surface area contributed by atoms with E-state index < -0.39 is 5.97 Å². The molecule has 0 saturated carbocycles. The van der Waals surface area contributed by atoms with Crippen molar-refractivity contribution in [2.75, 3.05) is 7.11 Å². The van der Waals surface area contributed by atoms with Crippen LogP contribution in [0.4, 0.5) is 0 Å². The van der Waals surface area contributed by atoms with Gasteiger partial charge < -0.3 is 9.84 Å². The molecule has 1 N–H and O–H groups in total. The molecule has 1 heterocycles. The number of hydrogen-bond donors (Lipinski definition) is 1. The predicted molar refractivity (Wildman–Crippen MR) is 81.4 cm³/mol. The first-order chi connectivity index (χ1) is 9.07. The van der Waals surface area contributed by atoms with Crippen LogP contribution in [0.25, 0.3) is 0 Å². The summed E-state index contributed by atoms with van der Waals surface area (Å²) in [5, 5.41) is 10.8. The minimum atomic E-state index is -0.638. The van der Waals surface area contributed by atoms with E-state index in [1.165, 1.54) is 19.4 Å². The van der Waals surface area contributed by atoms with Crippen LogP contribution in [0.5, 0.6) is 5.75 Å². The van der Waals surface area contributed by atoms with Crippen molar-refractivity contribution in [1.29, 1.82) is 0 Å². The Morgan fingerprint density at radius 3 is 1.79 bits per heavy atom. The fourth-order valence-corrected chi connectivity index (χ4v) is 1.69. The molecule has 1 aromatic heterocycles. The molecule has 5 heteroatoms. The molecule has 0 aliphatic rings. The number of Topliss-reactive ketones (excluding diaryl/α,β-unsaturated/α-hetero) is 1. The van der Waals surface area contributed by atoms with Crippen LogP contribution in [0, 0.1) is 0 Å². The molecule has 0 amide bonds. The van der Waals surface area contributed by atoms with Crippen molar-refractivity contribution < 1.29 is 19.4 Å². The Balaban J connectivity index is -0.000000375. The van der Waals surface area contributed by atoms with E-state index in [1.54, 1.807) is 0 Å². The molecule has 1 rings (SSSR count). The van der Waals surface area contributed by atoms with Gasteiger partial charge in [-0.1, -0.05) is 41.5 Å². The van der Waals surface area contributed by atoms with Gasteiger partial charge in [0, 0.05) is 12.3 Å². The highest BCUT2D eigenvalue weighted by atomic mass is 32.1. The van der Waals surface area contributed by atoms with Gasteiger partial charge in [-0.2, -0.15) is 0 Å². The van der Waals surface area contributed by atoms with E-state index in [0.29, 0.717) is 0 Å². The van der Waals surface area contributed by atoms with Crippen molar-refractivity contribution in [2.24, 2.45) is 0 Å². The largest absolute Gasteiger partial charge is 0.505 e. The summed E-state index contributed by atoms with van der Waals surface area (Å²) in [7, 11) is 1.22. The third-order valence-electron chi connectivity index (χ3n) is 1.49. The summed E-state index contributed by atoms with van der Waals surface area (Å²) in [6.07, 6.45) is 0. The Kier molecular flexibility index (Phi) is 17.6. The maximum atomic E-state index is 11.0. The average molecular weight is 290 g/mol. The number of ketones is 1. The second kappa shape index (κ2) is 14.7. The lowest BCUT2D eigenvalue weighted by atomic mass is 10.2. The third-order valence-corrected chi connectivity index (χ3v) is 2.56. The minimum absolute atomic E-state index is 0.0395.